The fourth-order valence-electron chi connectivity index (χ4n) is 1.50. The first-order valence-electron chi connectivity index (χ1n) is 5.52. The van der Waals surface area contributed by atoms with Crippen molar-refractivity contribution in [2.45, 2.75) is 58.4 Å². The molecule has 0 heterocycles. The van der Waals surface area contributed by atoms with Crippen molar-refractivity contribution in [3.63, 3.8) is 0 Å². The van der Waals surface area contributed by atoms with Crippen molar-refractivity contribution >= 4 is 0 Å². The third-order valence-electron chi connectivity index (χ3n) is 2.19. The van der Waals surface area contributed by atoms with Crippen molar-refractivity contribution in [3.8, 4) is 12.3 Å². The molecule has 0 aliphatic rings. The maximum atomic E-state index is 5.22. The Hall–Kier alpha value is -0.480. The molecule has 0 aliphatic carbocycles. The molecule has 0 aliphatic heterocycles. The van der Waals surface area contributed by atoms with Crippen LogP contribution in [0.5, 0.6) is 0 Å². The molecule has 13 heavy (non-hydrogen) atoms. The maximum Gasteiger partial charge on any atom is 0.00866 e. The molecule has 1 unspecified atom stereocenters. The van der Waals surface area contributed by atoms with Gasteiger partial charge in [-0.05, 0) is 32.2 Å². The van der Waals surface area contributed by atoms with E-state index in [-0.39, 0.29) is 0 Å². The summed E-state index contributed by atoms with van der Waals surface area (Å²) in [7, 11) is 0. The number of unbranched alkanes of at least 4 members (excludes halogenated alkanes) is 1. The summed E-state index contributed by atoms with van der Waals surface area (Å²) in [6.07, 6.45) is 12.3. The zero-order valence-corrected chi connectivity index (χ0v) is 9.10. The zero-order chi connectivity index (χ0) is 9.94. The molecule has 1 nitrogen and oxygen atoms in total. The van der Waals surface area contributed by atoms with Gasteiger partial charge in [-0.2, -0.15) is 0 Å². The van der Waals surface area contributed by atoms with Crippen LogP contribution in [0.25, 0.3) is 0 Å². The van der Waals surface area contributed by atoms with Crippen molar-refractivity contribution in [1.82, 2.24) is 5.32 Å². The first-order chi connectivity index (χ1) is 6.35. The Bertz CT molecular complexity index is 135. The van der Waals surface area contributed by atoms with E-state index >= 15 is 0 Å². The summed E-state index contributed by atoms with van der Waals surface area (Å²) in [6, 6.07) is 0.693. The van der Waals surface area contributed by atoms with Gasteiger partial charge in [0.15, 0.2) is 0 Å². The number of hydrogen-bond acceptors (Lipinski definition) is 1. The Labute approximate surface area is 83.3 Å². The van der Waals surface area contributed by atoms with Gasteiger partial charge in [-0.1, -0.05) is 20.3 Å². The summed E-state index contributed by atoms with van der Waals surface area (Å²) in [4.78, 5) is 0. The second kappa shape index (κ2) is 9.61. The standard InChI is InChI=1S/C12H23N/c1-4-7-8-10-12(9-5-2)13-11-6-3/h1,12-13H,5-11H2,2-3H3. The van der Waals surface area contributed by atoms with Gasteiger partial charge in [0.25, 0.3) is 0 Å². The highest BCUT2D eigenvalue weighted by Gasteiger charge is 2.04. The lowest BCUT2D eigenvalue weighted by atomic mass is 10.1. The Balaban J connectivity index is 3.48. The van der Waals surface area contributed by atoms with Crippen molar-refractivity contribution in [1.29, 1.82) is 0 Å². The van der Waals surface area contributed by atoms with Crippen LogP contribution < -0.4 is 5.32 Å². The molecule has 1 atom stereocenters. The monoisotopic (exact) mass is 181 g/mol. The quantitative estimate of drug-likeness (QED) is 0.448. The summed E-state index contributed by atoms with van der Waals surface area (Å²) in [5.74, 6) is 2.69. The number of hydrogen-bond donors (Lipinski definition) is 1. The summed E-state index contributed by atoms with van der Waals surface area (Å²) < 4.78 is 0. The molecule has 0 radical (unpaired) electrons. The smallest absolute Gasteiger partial charge is 0.00866 e. The molecule has 1 N–H and O–H groups in total. The van der Waals surface area contributed by atoms with Crippen LogP contribution in [0.4, 0.5) is 0 Å². The van der Waals surface area contributed by atoms with E-state index in [4.69, 9.17) is 6.42 Å². The molecule has 0 spiro atoms. The molecule has 0 aromatic heterocycles. The van der Waals surface area contributed by atoms with Gasteiger partial charge in [-0.15, -0.1) is 12.3 Å². The Morgan fingerprint density at radius 1 is 1.23 bits per heavy atom. The van der Waals surface area contributed by atoms with E-state index in [0.29, 0.717) is 6.04 Å². The Morgan fingerprint density at radius 2 is 2.00 bits per heavy atom. The number of terminal acetylenes is 1. The highest BCUT2D eigenvalue weighted by molar-refractivity contribution is 4.83. The molecule has 0 fully saturated rings. The van der Waals surface area contributed by atoms with E-state index in [1.54, 1.807) is 0 Å². The summed E-state index contributed by atoms with van der Waals surface area (Å²) in [5.41, 5.74) is 0. The predicted octanol–water partition coefficient (Wildman–Crippen LogP) is 2.96. The second-order valence-corrected chi connectivity index (χ2v) is 3.54. The molecule has 0 saturated carbocycles. The van der Waals surface area contributed by atoms with E-state index < -0.39 is 0 Å². The molecule has 76 valence electrons. The van der Waals surface area contributed by atoms with Crippen molar-refractivity contribution in [2.24, 2.45) is 0 Å². The molecule has 0 saturated heterocycles. The van der Waals surface area contributed by atoms with E-state index in [1.165, 1.54) is 25.7 Å². The Morgan fingerprint density at radius 3 is 2.54 bits per heavy atom. The lowest BCUT2D eigenvalue weighted by Gasteiger charge is -2.16. The van der Waals surface area contributed by atoms with Gasteiger partial charge in [0, 0.05) is 12.5 Å². The predicted molar refractivity (Wildman–Crippen MR) is 59.7 cm³/mol. The van der Waals surface area contributed by atoms with E-state index in [9.17, 15) is 0 Å². The van der Waals surface area contributed by atoms with Gasteiger partial charge in [0.1, 0.15) is 0 Å². The van der Waals surface area contributed by atoms with Crippen molar-refractivity contribution < 1.29 is 0 Å². The molecule has 0 rings (SSSR count). The van der Waals surface area contributed by atoms with Crippen molar-refractivity contribution in [3.05, 3.63) is 0 Å². The van der Waals surface area contributed by atoms with Crippen molar-refractivity contribution in [2.75, 3.05) is 6.54 Å². The first kappa shape index (κ1) is 12.5. The average Bonchev–Trinajstić information content (AvgIpc) is 2.14. The molecular formula is C12H23N. The fraction of sp³-hybridized carbons (Fsp3) is 0.833. The zero-order valence-electron chi connectivity index (χ0n) is 9.10. The van der Waals surface area contributed by atoms with Gasteiger partial charge in [0.05, 0.1) is 0 Å². The van der Waals surface area contributed by atoms with Gasteiger partial charge in [-0.25, -0.2) is 0 Å². The lowest BCUT2D eigenvalue weighted by Crippen LogP contribution is -2.29. The molecule has 0 bridgehead atoms. The SMILES string of the molecule is C#CCCCC(CCC)NCCC. The third-order valence-corrected chi connectivity index (χ3v) is 2.19. The Kier molecular flexibility index (Phi) is 9.25. The van der Waals surface area contributed by atoms with Gasteiger partial charge in [-0.3, -0.25) is 0 Å². The fourth-order valence-corrected chi connectivity index (χ4v) is 1.50. The molecule has 0 aromatic rings. The van der Waals surface area contributed by atoms with E-state index in [0.717, 1.165) is 19.4 Å². The minimum absolute atomic E-state index is 0.693. The second-order valence-electron chi connectivity index (χ2n) is 3.54. The van der Waals surface area contributed by atoms with E-state index in [1.807, 2.05) is 0 Å². The van der Waals surface area contributed by atoms with Gasteiger partial charge < -0.3 is 5.32 Å². The molecule has 1 heteroatoms. The topological polar surface area (TPSA) is 12.0 Å². The summed E-state index contributed by atoms with van der Waals surface area (Å²) in [6.45, 7) is 5.58. The van der Waals surface area contributed by atoms with Crippen LogP contribution >= 0.6 is 0 Å². The van der Waals surface area contributed by atoms with Crippen LogP contribution in [0.3, 0.4) is 0 Å². The molecular weight excluding hydrogens is 158 g/mol. The number of nitrogens with one attached hydrogen (secondary N) is 1. The van der Waals surface area contributed by atoms with Gasteiger partial charge in [0.2, 0.25) is 0 Å². The first-order valence-corrected chi connectivity index (χ1v) is 5.52. The normalized spacial score (nSPS) is 12.4. The molecule has 0 amide bonds. The van der Waals surface area contributed by atoms with Crippen LogP contribution in [0.2, 0.25) is 0 Å². The molecule has 0 aromatic carbocycles. The number of rotatable bonds is 8. The van der Waals surface area contributed by atoms with E-state index in [2.05, 4.69) is 25.1 Å². The largest absolute Gasteiger partial charge is 0.314 e. The highest BCUT2D eigenvalue weighted by atomic mass is 14.9. The van der Waals surface area contributed by atoms with Crippen LogP contribution in [0, 0.1) is 12.3 Å². The van der Waals surface area contributed by atoms with Crippen LogP contribution in [0.1, 0.15) is 52.4 Å². The minimum Gasteiger partial charge on any atom is -0.314 e. The van der Waals surface area contributed by atoms with Gasteiger partial charge >= 0.3 is 0 Å². The minimum atomic E-state index is 0.693. The summed E-state index contributed by atoms with van der Waals surface area (Å²) in [5, 5.41) is 3.56. The average molecular weight is 181 g/mol. The van der Waals surface area contributed by atoms with Crippen LogP contribution in [0.15, 0.2) is 0 Å². The van der Waals surface area contributed by atoms with Crippen LogP contribution in [-0.2, 0) is 0 Å². The highest BCUT2D eigenvalue weighted by Crippen LogP contribution is 2.06. The lowest BCUT2D eigenvalue weighted by molar-refractivity contribution is 0.440. The summed E-state index contributed by atoms with van der Waals surface area (Å²) >= 11 is 0. The maximum absolute atomic E-state index is 5.22. The van der Waals surface area contributed by atoms with Crippen LogP contribution in [-0.4, -0.2) is 12.6 Å². The third kappa shape index (κ3) is 7.87.